The van der Waals surface area contributed by atoms with Gasteiger partial charge in [0.05, 0.1) is 4.90 Å². The Bertz CT molecular complexity index is 694. The molecule has 0 unspecified atom stereocenters. The third kappa shape index (κ3) is 2.84. The van der Waals surface area contributed by atoms with Crippen LogP contribution in [-0.2, 0) is 9.84 Å². The van der Waals surface area contributed by atoms with Crippen molar-refractivity contribution in [1.82, 2.24) is 0 Å². The minimum Gasteiger partial charge on any atom is -0.224 e. The Labute approximate surface area is 123 Å². The molecular formula is C13H10Br2O2S. The molecule has 5 heteroatoms. The molecule has 0 aromatic heterocycles. The van der Waals surface area contributed by atoms with Crippen LogP contribution in [0.2, 0.25) is 0 Å². The quantitative estimate of drug-likeness (QED) is 0.767. The van der Waals surface area contributed by atoms with Gasteiger partial charge in [-0.3, -0.25) is 0 Å². The third-order valence-electron chi connectivity index (χ3n) is 2.52. The summed E-state index contributed by atoms with van der Waals surface area (Å²) in [4.78, 5) is 0.347. The van der Waals surface area contributed by atoms with Gasteiger partial charge >= 0.3 is 0 Å². The first-order chi connectivity index (χ1) is 8.39. The summed E-state index contributed by atoms with van der Waals surface area (Å²) in [7, 11) is -3.23. The average molecular weight is 390 g/mol. The van der Waals surface area contributed by atoms with Gasteiger partial charge < -0.3 is 0 Å². The summed E-state index contributed by atoms with van der Waals surface area (Å²) in [6, 6.07) is 12.7. The lowest BCUT2D eigenvalue weighted by Gasteiger charge is -2.09. The van der Waals surface area contributed by atoms with Crippen molar-refractivity contribution in [1.29, 1.82) is 0 Å². The fourth-order valence-electron chi connectivity index (χ4n) is 1.69. The van der Waals surface area contributed by atoms with Crippen LogP contribution >= 0.6 is 31.9 Å². The minimum absolute atomic E-state index is 0.347. The minimum atomic E-state index is -3.23. The van der Waals surface area contributed by atoms with Gasteiger partial charge in [0, 0.05) is 20.8 Å². The molecule has 2 nitrogen and oxygen atoms in total. The van der Waals surface area contributed by atoms with Crippen molar-refractivity contribution < 1.29 is 8.42 Å². The highest BCUT2D eigenvalue weighted by atomic mass is 79.9. The normalized spacial score (nSPS) is 11.5. The molecule has 2 rings (SSSR count). The number of rotatable bonds is 2. The average Bonchev–Trinajstić information content (AvgIpc) is 2.32. The van der Waals surface area contributed by atoms with Gasteiger partial charge in [0.25, 0.3) is 0 Å². The molecule has 0 aliphatic rings. The number of hydrogen-bond donors (Lipinski definition) is 0. The van der Waals surface area contributed by atoms with E-state index in [-0.39, 0.29) is 0 Å². The van der Waals surface area contributed by atoms with Crippen LogP contribution in [0.15, 0.2) is 56.3 Å². The molecule has 0 atom stereocenters. The molecule has 0 radical (unpaired) electrons. The first-order valence-electron chi connectivity index (χ1n) is 5.14. The predicted molar refractivity (Wildman–Crippen MR) is 80.4 cm³/mol. The fourth-order valence-corrected chi connectivity index (χ4v) is 3.23. The van der Waals surface area contributed by atoms with Gasteiger partial charge in [-0.05, 0) is 55.6 Å². The Morgan fingerprint density at radius 3 is 2.22 bits per heavy atom. The Hall–Kier alpha value is -0.650. The van der Waals surface area contributed by atoms with E-state index in [1.54, 1.807) is 12.1 Å². The second-order valence-corrected chi connectivity index (χ2v) is 7.59. The standard InChI is InChI=1S/C13H10Br2O2S/c1-18(16,17)13-5-3-2-4-10(13)9-6-7-11(14)12(15)8-9/h2-8H,1H3. The molecule has 0 aliphatic heterocycles. The second kappa shape index (κ2) is 5.15. The summed E-state index contributed by atoms with van der Waals surface area (Å²) in [5.41, 5.74) is 1.58. The van der Waals surface area contributed by atoms with E-state index in [4.69, 9.17) is 0 Å². The maximum atomic E-state index is 11.8. The molecule has 0 saturated heterocycles. The lowest BCUT2D eigenvalue weighted by molar-refractivity contribution is 0.602. The van der Waals surface area contributed by atoms with Crippen molar-refractivity contribution in [3.63, 3.8) is 0 Å². The molecule has 0 heterocycles. The van der Waals surface area contributed by atoms with Crippen molar-refractivity contribution in [3.8, 4) is 11.1 Å². The summed E-state index contributed by atoms with van der Waals surface area (Å²) >= 11 is 6.82. The molecular weight excluding hydrogens is 380 g/mol. The molecule has 0 N–H and O–H groups in total. The predicted octanol–water partition coefficient (Wildman–Crippen LogP) is 4.28. The topological polar surface area (TPSA) is 34.1 Å². The summed E-state index contributed by atoms with van der Waals surface area (Å²) in [6.07, 6.45) is 1.22. The lowest BCUT2D eigenvalue weighted by Crippen LogP contribution is -1.99. The van der Waals surface area contributed by atoms with Crippen LogP contribution in [0.4, 0.5) is 0 Å². The van der Waals surface area contributed by atoms with Gasteiger partial charge in [-0.2, -0.15) is 0 Å². The van der Waals surface area contributed by atoms with Gasteiger partial charge in [0.2, 0.25) is 0 Å². The zero-order valence-electron chi connectivity index (χ0n) is 9.52. The molecule has 2 aromatic carbocycles. The Morgan fingerprint density at radius 1 is 0.944 bits per heavy atom. The zero-order valence-corrected chi connectivity index (χ0v) is 13.5. The number of hydrogen-bond acceptors (Lipinski definition) is 2. The summed E-state index contributed by atoms with van der Waals surface area (Å²) < 4.78 is 25.3. The van der Waals surface area contributed by atoms with Crippen molar-refractivity contribution in [2.75, 3.05) is 6.26 Å². The molecule has 2 aromatic rings. The maximum Gasteiger partial charge on any atom is 0.176 e. The van der Waals surface area contributed by atoms with E-state index in [0.717, 1.165) is 14.5 Å². The molecule has 0 saturated carbocycles. The monoisotopic (exact) mass is 388 g/mol. The van der Waals surface area contributed by atoms with E-state index in [2.05, 4.69) is 31.9 Å². The van der Waals surface area contributed by atoms with Crippen LogP contribution in [0, 0.1) is 0 Å². The Balaban J connectivity index is 2.68. The van der Waals surface area contributed by atoms with Gasteiger partial charge in [-0.15, -0.1) is 0 Å². The maximum absolute atomic E-state index is 11.8. The van der Waals surface area contributed by atoms with E-state index < -0.39 is 9.84 Å². The SMILES string of the molecule is CS(=O)(=O)c1ccccc1-c1ccc(Br)c(Br)c1. The molecule has 18 heavy (non-hydrogen) atoms. The molecule has 94 valence electrons. The van der Waals surface area contributed by atoms with Gasteiger partial charge in [0.15, 0.2) is 9.84 Å². The molecule has 0 spiro atoms. The van der Waals surface area contributed by atoms with E-state index in [9.17, 15) is 8.42 Å². The third-order valence-corrected chi connectivity index (χ3v) is 5.55. The Kier molecular flexibility index (Phi) is 3.94. The Morgan fingerprint density at radius 2 is 1.61 bits per heavy atom. The summed E-state index contributed by atoms with van der Waals surface area (Å²) in [6.45, 7) is 0. The molecule has 0 fully saturated rings. The summed E-state index contributed by atoms with van der Waals surface area (Å²) in [5, 5.41) is 0. The first kappa shape index (κ1) is 13.8. The number of halogens is 2. The summed E-state index contributed by atoms with van der Waals surface area (Å²) in [5.74, 6) is 0. The zero-order chi connectivity index (χ0) is 13.3. The fraction of sp³-hybridized carbons (Fsp3) is 0.0769. The van der Waals surface area contributed by atoms with Crippen molar-refractivity contribution in [2.45, 2.75) is 4.90 Å². The molecule has 0 bridgehead atoms. The molecule has 0 aliphatic carbocycles. The van der Waals surface area contributed by atoms with Gasteiger partial charge in [-0.1, -0.05) is 24.3 Å². The van der Waals surface area contributed by atoms with E-state index >= 15 is 0 Å². The highest BCUT2D eigenvalue weighted by molar-refractivity contribution is 9.13. The van der Waals surface area contributed by atoms with Crippen LogP contribution < -0.4 is 0 Å². The van der Waals surface area contributed by atoms with Crippen LogP contribution in [0.1, 0.15) is 0 Å². The van der Waals surface area contributed by atoms with Crippen LogP contribution in [0.25, 0.3) is 11.1 Å². The van der Waals surface area contributed by atoms with Crippen molar-refractivity contribution in [2.24, 2.45) is 0 Å². The van der Waals surface area contributed by atoms with E-state index in [1.807, 2.05) is 30.3 Å². The van der Waals surface area contributed by atoms with Crippen molar-refractivity contribution in [3.05, 3.63) is 51.4 Å². The lowest BCUT2D eigenvalue weighted by atomic mass is 10.1. The van der Waals surface area contributed by atoms with Crippen molar-refractivity contribution >= 4 is 41.7 Å². The van der Waals surface area contributed by atoms with Crippen LogP contribution in [0.3, 0.4) is 0 Å². The largest absolute Gasteiger partial charge is 0.224 e. The highest BCUT2D eigenvalue weighted by Gasteiger charge is 2.14. The second-order valence-electron chi connectivity index (χ2n) is 3.90. The smallest absolute Gasteiger partial charge is 0.176 e. The van der Waals surface area contributed by atoms with E-state index in [1.165, 1.54) is 6.26 Å². The molecule has 0 amide bonds. The number of benzene rings is 2. The van der Waals surface area contributed by atoms with Crippen LogP contribution in [0.5, 0.6) is 0 Å². The van der Waals surface area contributed by atoms with Gasteiger partial charge in [-0.25, -0.2) is 8.42 Å². The number of sulfone groups is 1. The van der Waals surface area contributed by atoms with Crippen LogP contribution in [-0.4, -0.2) is 14.7 Å². The van der Waals surface area contributed by atoms with E-state index in [0.29, 0.717) is 10.5 Å². The first-order valence-corrected chi connectivity index (χ1v) is 8.62. The highest BCUT2D eigenvalue weighted by Crippen LogP contribution is 2.32. The van der Waals surface area contributed by atoms with Gasteiger partial charge in [0.1, 0.15) is 0 Å².